The lowest BCUT2D eigenvalue weighted by Crippen LogP contribution is -2.42. The molecule has 2 aliphatic rings. The molecular weight excluding hydrogens is 188 g/mol. The molecule has 0 aliphatic heterocycles. The van der Waals surface area contributed by atoms with Gasteiger partial charge in [-0.15, -0.1) is 0 Å². The van der Waals surface area contributed by atoms with E-state index in [2.05, 4.69) is 15.9 Å². The standard InChI is InChI=1S/C9H15Br/c10-7-9(5-2-6-9)8-3-1-4-8/h8H,1-7H2. The van der Waals surface area contributed by atoms with Crippen molar-refractivity contribution in [1.29, 1.82) is 0 Å². The Hall–Kier alpha value is 0.480. The summed E-state index contributed by atoms with van der Waals surface area (Å²) in [5.41, 5.74) is 0.776. The van der Waals surface area contributed by atoms with Gasteiger partial charge in [0.05, 0.1) is 0 Å². The number of hydrogen-bond donors (Lipinski definition) is 0. The van der Waals surface area contributed by atoms with Crippen molar-refractivity contribution in [2.24, 2.45) is 11.3 Å². The monoisotopic (exact) mass is 202 g/mol. The first-order valence-corrected chi connectivity index (χ1v) is 5.55. The third-order valence-corrected chi connectivity index (χ3v) is 4.70. The van der Waals surface area contributed by atoms with Crippen LogP contribution in [0.5, 0.6) is 0 Å². The number of hydrogen-bond acceptors (Lipinski definition) is 0. The van der Waals surface area contributed by atoms with Crippen molar-refractivity contribution in [3.05, 3.63) is 0 Å². The largest absolute Gasteiger partial charge is 0.0922 e. The van der Waals surface area contributed by atoms with E-state index in [0.717, 1.165) is 11.3 Å². The quantitative estimate of drug-likeness (QED) is 0.603. The van der Waals surface area contributed by atoms with Crippen LogP contribution in [0.25, 0.3) is 0 Å². The average molecular weight is 203 g/mol. The van der Waals surface area contributed by atoms with Crippen LogP contribution in [0, 0.1) is 11.3 Å². The normalized spacial score (nSPS) is 30.9. The SMILES string of the molecule is BrCC1(C2CCC2)CCC1. The Kier molecular flexibility index (Phi) is 1.79. The van der Waals surface area contributed by atoms with E-state index in [1.807, 2.05) is 0 Å². The molecule has 1 heteroatoms. The van der Waals surface area contributed by atoms with Crippen LogP contribution in [-0.4, -0.2) is 5.33 Å². The molecule has 2 aliphatic carbocycles. The molecule has 2 fully saturated rings. The van der Waals surface area contributed by atoms with Crippen molar-refractivity contribution in [1.82, 2.24) is 0 Å². The van der Waals surface area contributed by atoms with E-state index in [9.17, 15) is 0 Å². The lowest BCUT2D eigenvalue weighted by molar-refractivity contribution is 0.0274. The molecule has 0 N–H and O–H groups in total. The smallest absolute Gasteiger partial charge is 0.00906 e. The molecule has 0 radical (unpaired) electrons. The summed E-state index contributed by atoms with van der Waals surface area (Å²) in [6.07, 6.45) is 9.03. The molecule has 2 rings (SSSR count). The molecule has 0 spiro atoms. The molecule has 0 amide bonds. The fraction of sp³-hybridized carbons (Fsp3) is 1.00. The molecule has 0 heterocycles. The molecule has 0 atom stereocenters. The van der Waals surface area contributed by atoms with E-state index >= 15 is 0 Å². The van der Waals surface area contributed by atoms with Gasteiger partial charge in [-0.05, 0) is 37.0 Å². The van der Waals surface area contributed by atoms with Crippen molar-refractivity contribution in [2.45, 2.75) is 38.5 Å². The fourth-order valence-corrected chi connectivity index (χ4v) is 3.32. The first-order valence-electron chi connectivity index (χ1n) is 4.43. The van der Waals surface area contributed by atoms with Gasteiger partial charge in [-0.3, -0.25) is 0 Å². The zero-order valence-corrected chi connectivity index (χ0v) is 7.99. The van der Waals surface area contributed by atoms with Gasteiger partial charge in [0.15, 0.2) is 0 Å². The highest BCUT2D eigenvalue weighted by Gasteiger charge is 2.44. The lowest BCUT2D eigenvalue weighted by atomic mass is 9.56. The van der Waals surface area contributed by atoms with E-state index in [0.29, 0.717) is 0 Å². The summed E-state index contributed by atoms with van der Waals surface area (Å²) >= 11 is 3.66. The molecule has 0 saturated heterocycles. The van der Waals surface area contributed by atoms with Crippen LogP contribution in [0.2, 0.25) is 0 Å². The highest BCUT2D eigenvalue weighted by atomic mass is 79.9. The molecule has 58 valence electrons. The minimum atomic E-state index is 0.776. The molecule has 0 aromatic rings. The fourth-order valence-electron chi connectivity index (χ4n) is 2.30. The second-order valence-electron chi connectivity index (χ2n) is 3.98. The summed E-state index contributed by atoms with van der Waals surface area (Å²) in [4.78, 5) is 0. The Morgan fingerprint density at radius 2 is 1.90 bits per heavy atom. The maximum atomic E-state index is 3.66. The first-order chi connectivity index (χ1) is 4.87. The van der Waals surface area contributed by atoms with E-state index in [1.54, 1.807) is 0 Å². The number of rotatable bonds is 2. The van der Waals surface area contributed by atoms with Crippen LogP contribution in [0.15, 0.2) is 0 Å². The van der Waals surface area contributed by atoms with Crippen LogP contribution in [0.4, 0.5) is 0 Å². The number of alkyl halides is 1. The van der Waals surface area contributed by atoms with Gasteiger partial charge in [0.1, 0.15) is 0 Å². The molecule has 0 unspecified atom stereocenters. The highest BCUT2D eigenvalue weighted by molar-refractivity contribution is 9.09. The topological polar surface area (TPSA) is 0 Å². The predicted molar refractivity (Wildman–Crippen MR) is 47.4 cm³/mol. The molecule has 0 bridgehead atoms. The zero-order valence-electron chi connectivity index (χ0n) is 6.41. The molecule has 0 nitrogen and oxygen atoms in total. The van der Waals surface area contributed by atoms with Crippen molar-refractivity contribution in [3.8, 4) is 0 Å². The molecule has 10 heavy (non-hydrogen) atoms. The van der Waals surface area contributed by atoms with Gasteiger partial charge in [0, 0.05) is 5.33 Å². The van der Waals surface area contributed by atoms with Crippen LogP contribution in [0.3, 0.4) is 0 Å². The summed E-state index contributed by atoms with van der Waals surface area (Å²) in [5, 5.41) is 1.27. The van der Waals surface area contributed by atoms with Gasteiger partial charge < -0.3 is 0 Å². The summed E-state index contributed by atoms with van der Waals surface area (Å²) < 4.78 is 0. The minimum absolute atomic E-state index is 0.776. The summed E-state index contributed by atoms with van der Waals surface area (Å²) in [6, 6.07) is 0. The van der Waals surface area contributed by atoms with Crippen LogP contribution in [-0.2, 0) is 0 Å². The van der Waals surface area contributed by atoms with Gasteiger partial charge in [-0.1, -0.05) is 28.8 Å². The maximum absolute atomic E-state index is 3.66. The van der Waals surface area contributed by atoms with Gasteiger partial charge in [-0.2, -0.15) is 0 Å². The average Bonchev–Trinajstić information content (AvgIpc) is 1.73. The van der Waals surface area contributed by atoms with Crippen molar-refractivity contribution >= 4 is 15.9 Å². The van der Waals surface area contributed by atoms with Crippen molar-refractivity contribution in [2.75, 3.05) is 5.33 Å². The summed E-state index contributed by atoms with van der Waals surface area (Å²) in [5.74, 6) is 1.10. The predicted octanol–water partition coefficient (Wildman–Crippen LogP) is 3.35. The maximum Gasteiger partial charge on any atom is 0.00906 e. The van der Waals surface area contributed by atoms with Gasteiger partial charge in [0.25, 0.3) is 0 Å². The molecule has 0 aromatic heterocycles. The summed E-state index contributed by atoms with van der Waals surface area (Å²) in [7, 11) is 0. The molecule has 0 aromatic carbocycles. The van der Waals surface area contributed by atoms with Crippen molar-refractivity contribution in [3.63, 3.8) is 0 Å². The van der Waals surface area contributed by atoms with Crippen LogP contribution >= 0.6 is 15.9 Å². The molecular formula is C9H15Br. The Morgan fingerprint density at radius 1 is 1.20 bits per heavy atom. The Morgan fingerprint density at radius 3 is 2.00 bits per heavy atom. The summed E-state index contributed by atoms with van der Waals surface area (Å²) in [6.45, 7) is 0. The van der Waals surface area contributed by atoms with Crippen LogP contribution < -0.4 is 0 Å². The van der Waals surface area contributed by atoms with E-state index in [4.69, 9.17) is 0 Å². The van der Waals surface area contributed by atoms with Gasteiger partial charge in [0.2, 0.25) is 0 Å². The van der Waals surface area contributed by atoms with E-state index in [-0.39, 0.29) is 0 Å². The second-order valence-corrected chi connectivity index (χ2v) is 4.54. The highest BCUT2D eigenvalue weighted by Crippen LogP contribution is 2.55. The Labute approximate surface area is 71.5 Å². The van der Waals surface area contributed by atoms with Crippen LogP contribution in [0.1, 0.15) is 38.5 Å². The lowest BCUT2D eigenvalue weighted by Gasteiger charge is -2.51. The van der Waals surface area contributed by atoms with E-state index < -0.39 is 0 Å². The van der Waals surface area contributed by atoms with Crippen molar-refractivity contribution < 1.29 is 0 Å². The molecule has 2 saturated carbocycles. The second kappa shape index (κ2) is 2.51. The van der Waals surface area contributed by atoms with Gasteiger partial charge >= 0.3 is 0 Å². The Bertz CT molecular complexity index is 117. The first kappa shape index (κ1) is 7.15. The third kappa shape index (κ3) is 0.861. The number of halogens is 1. The van der Waals surface area contributed by atoms with E-state index in [1.165, 1.54) is 43.9 Å². The third-order valence-electron chi connectivity index (χ3n) is 3.59. The zero-order chi connectivity index (χ0) is 7.03. The Balaban J connectivity index is 1.96. The minimum Gasteiger partial charge on any atom is -0.0922 e. The van der Waals surface area contributed by atoms with Gasteiger partial charge in [-0.25, -0.2) is 0 Å².